The van der Waals surface area contributed by atoms with Crippen molar-refractivity contribution in [3.63, 3.8) is 0 Å². The Labute approximate surface area is 199 Å². The molecule has 2 fully saturated rings. The maximum Gasteiger partial charge on any atom is 0.254 e. The summed E-state index contributed by atoms with van der Waals surface area (Å²) in [5.74, 6) is -0.940. The van der Waals surface area contributed by atoms with Gasteiger partial charge in [-0.3, -0.25) is 14.7 Å². The van der Waals surface area contributed by atoms with Crippen molar-refractivity contribution in [2.75, 3.05) is 32.9 Å². The third-order valence-electron chi connectivity index (χ3n) is 7.21. The Morgan fingerprint density at radius 2 is 1.88 bits per heavy atom. The molecule has 0 aliphatic carbocycles. The average Bonchev–Trinajstić information content (AvgIpc) is 3.24. The van der Waals surface area contributed by atoms with Gasteiger partial charge in [0.1, 0.15) is 12.8 Å². The molecule has 6 nitrogen and oxygen atoms in total. The van der Waals surface area contributed by atoms with Gasteiger partial charge in [-0.05, 0) is 68.4 Å². The second kappa shape index (κ2) is 10.9. The summed E-state index contributed by atoms with van der Waals surface area (Å²) in [6.07, 6.45) is 2.60. The summed E-state index contributed by atoms with van der Waals surface area (Å²) in [6.45, 7) is 5.44. The summed E-state index contributed by atoms with van der Waals surface area (Å²) in [5, 5.41) is 16.1. The van der Waals surface area contributed by atoms with E-state index in [2.05, 4.69) is 26.6 Å². The number of hydrogen-bond donors (Lipinski definition) is 3. The third-order valence-corrected chi connectivity index (χ3v) is 7.21. The number of hydrogen-bond acceptors (Lipinski definition) is 5. The van der Waals surface area contributed by atoms with E-state index >= 15 is 0 Å². The minimum absolute atomic E-state index is 0.448. The van der Waals surface area contributed by atoms with Crippen LogP contribution < -0.4 is 10.6 Å². The largest absolute Gasteiger partial charge is 0.386 e. The number of alkyl halides is 2. The lowest BCUT2D eigenvalue weighted by Crippen LogP contribution is -2.43. The number of nitrogens with zero attached hydrogens (tertiary/aromatic N) is 2. The summed E-state index contributed by atoms with van der Waals surface area (Å²) in [4.78, 5) is 18.7. The highest BCUT2D eigenvalue weighted by atomic mass is 19.1. The number of benzene rings is 1. The van der Waals surface area contributed by atoms with Crippen molar-refractivity contribution in [1.82, 2.24) is 20.5 Å². The van der Waals surface area contributed by atoms with Crippen LogP contribution in [0.15, 0.2) is 42.6 Å². The number of nitrogens with one attached hydrogen (secondary N) is 2. The highest BCUT2D eigenvalue weighted by Gasteiger charge is 2.38. The molecule has 2 aromatic rings. The standard InChI is InChI=1S/C26H34F2N4O2/c1-18(28)25(34)31-23(14-27)24(33)20-4-2-19(3-5-20)21-6-7-22(30-15-21)16-32-13-10-26(17-32)8-11-29-12-9-26/h2-7,15,18,23-24,29,33H,8-14,16-17H2,1H3,(H,31,34). The first-order valence-corrected chi connectivity index (χ1v) is 12.1. The molecule has 1 aromatic carbocycles. The molecule has 0 radical (unpaired) electrons. The number of aliphatic hydroxyl groups excluding tert-OH is 1. The quantitative estimate of drug-likeness (QED) is 0.550. The fourth-order valence-corrected chi connectivity index (χ4v) is 5.05. The van der Waals surface area contributed by atoms with Gasteiger partial charge in [-0.25, -0.2) is 8.78 Å². The van der Waals surface area contributed by atoms with Gasteiger partial charge in [0.05, 0.1) is 11.7 Å². The Bertz CT molecular complexity index is 946. The van der Waals surface area contributed by atoms with Gasteiger partial charge >= 0.3 is 0 Å². The normalized spacial score (nSPS) is 20.7. The van der Waals surface area contributed by atoms with E-state index in [1.54, 1.807) is 12.1 Å². The Morgan fingerprint density at radius 3 is 2.50 bits per heavy atom. The topological polar surface area (TPSA) is 77.5 Å². The van der Waals surface area contributed by atoms with E-state index in [1.807, 2.05) is 24.4 Å². The van der Waals surface area contributed by atoms with Gasteiger partial charge in [0.2, 0.25) is 0 Å². The fourth-order valence-electron chi connectivity index (χ4n) is 5.05. The zero-order valence-corrected chi connectivity index (χ0v) is 19.6. The van der Waals surface area contributed by atoms with E-state index in [1.165, 1.54) is 19.3 Å². The molecule has 1 spiro atoms. The second-order valence-corrected chi connectivity index (χ2v) is 9.70. The second-order valence-electron chi connectivity index (χ2n) is 9.70. The molecule has 2 aliphatic heterocycles. The van der Waals surface area contributed by atoms with Gasteiger partial charge in [-0.2, -0.15) is 0 Å². The molecule has 3 unspecified atom stereocenters. The lowest BCUT2D eigenvalue weighted by Gasteiger charge is -2.33. The smallest absolute Gasteiger partial charge is 0.254 e. The van der Waals surface area contributed by atoms with Crippen LogP contribution in [0.2, 0.25) is 0 Å². The van der Waals surface area contributed by atoms with Gasteiger partial charge in [0.25, 0.3) is 5.91 Å². The predicted octanol–water partition coefficient (Wildman–Crippen LogP) is 3.17. The maximum atomic E-state index is 13.3. The van der Waals surface area contributed by atoms with E-state index in [0.29, 0.717) is 11.0 Å². The fraction of sp³-hybridized carbons (Fsp3) is 0.538. The van der Waals surface area contributed by atoms with E-state index < -0.39 is 30.9 Å². The summed E-state index contributed by atoms with van der Waals surface area (Å²) < 4.78 is 26.4. The Hall–Kier alpha value is -2.42. The van der Waals surface area contributed by atoms with E-state index in [0.717, 1.165) is 56.5 Å². The number of carbonyl (C=O) groups excluding carboxylic acids is 1. The summed E-state index contributed by atoms with van der Waals surface area (Å²) in [6, 6.07) is 9.91. The molecule has 4 rings (SSSR count). The molecule has 0 saturated carbocycles. The van der Waals surface area contributed by atoms with E-state index in [9.17, 15) is 18.7 Å². The Kier molecular flexibility index (Phi) is 7.91. The molecular weight excluding hydrogens is 438 g/mol. The minimum Gasteiger partial charge on any atom is -0.386 e. The van der Waals surface area contributed by atoms with Gasteiger partial charge in [-0.15, -0.1) is 0 Å². The zero-order valence-electron chi connectivity index (χ0n) is 19.6. The first-order valence-electron chi connectivity index (χ1n) is 12.1. The van der Waals surface area contributed by atoms with Crippen LogP contribution in [0.25, 0.3) is 11.1 Å². The average molecular weight is 473 g/mol. The predicted molar refractivity (Wildman–Crippen MR) is 128 cm³/mol. The van der Waals surface area contributed by atoms with Crippen LogP contribution in [0.4, 0.5) is 8.78 Å². The number of pyridine rings is 1. The van der Waals surface area contributed by atoms with Crippen molar-refractivity contribution in [3.8, 4) is 11.1 Å². The molecule has 8 heteroatoms. The molecule has 3 atom stereocenters. The van der Waals surface area contributed by atoms with Gasteiger partial charge in [0, 0.05) is 24.8 Å². The monoisotopic (exact) mass is 472 g/mol. The van der Waals surface area contributed by atoms with Crippen LogP contribution in [-0.4, -0.2) is 66.0 Å². The van der Waals surface area contributed by atoms with Crippen molar-refractivity contribution in [2.24, 2.45) is 5.41 Å². The van der Waals surface area contributed by atoms with Crippen LogP contribution in [0.1, 0.15) is 43.5 Å². The Balaban J connectivity index is 1.35. The maximum absolute atomic E-state index is 13.3. The van der Waals surface area contributed by atoms with Crippen molar-refractivity contribution in [3.05, 3.63) is 53.9 Å². The molecule has 1 aromatic heterocycles. The van der Waals surface area contributed by atoms with Crippen LogP contribution in [0.3, 0.4) is 0 Å². The van der Waals surface area contributed by atoms with Crippen molar-refractivity contribution >= 4 is 5.91 Å². The van der Waals surface area contributed by atoms with Gasteiger partial charge < -0.3 is 15.7 Å². The number of likely N-dealkylation sites (tertiary alicyclic amines) is 1. The van der Waals surface area contributed by atoms with Crippen LogP contribution >= 0.6 is 0 Å². The van der Waals surface area contributed by atoms with E-state index in [4.69, 9.17) is 0 Å². The van der Waals surface area contributed by atoms with Crippen LogP contribution in [0, 0.1) is 5.41 Å². The SMILES string of the molecule is CC(F)C(=O)NC(CF)C(O)c1ccc(-c2ccc(CN3CCC4(CCNCC4)C3)nc2)cc1. The van der Waals surface area contributed by atoms with Crippen molar-refractivity contribution < 1.29 is 18.7 Å². The van der Waals surface area contributed by atoms with Crippen molar-refractivity contribution in [2.45, 2.75) is 51.0 Å². The summed E-state index contributed by atoms with van der Waals surface area (Å²) in [7, 11) is 0. The minimum atomic E-state index is -1.77. The molecular formula is C26H34F2N4O2. The lowest BCUT2D eigenvalue weighted by molar-refractivity contribution is -0.127. The first-order chi connectivity index (χ1) is 16.4. The van der Waals surface area contributed by atoms with Crippen LogP contribution in [-0.2, 0) is 11.3 Å². The van der Waals surface area contributed by atoms with E-state index in [-0.39, 0.29) is 0 Å². The number of carbonyl (C=O) groups is 1. The number of rotatable bonds is 8. The molecule has 2 aliphatic rings. The number of aromatic nitrogens is 1. The zero-order chi connectivity index (χ0) is 24.1. The van der Waals surface area contributed by atoms with Gasteiger partial charge in [-0.1, -0.05) is 30.3 Å². The lowest BCUT2D eigenvalue weighted by atomic mass is 9.78. The van der Waals surface area contributed by atoms with Crippen molar-refractivity contribution in [1.29, 1.82) is 0 Å². The molecule has 2 saturated heterocycles. The number of halogens is 2. The molecule has 0 bridgehead atoms. The molecule has 3 heterocycles. The molecule has 1 amide bonds. The van der Waals surface area contributed by atoms with Gasteiger partial charge in [0.15, 0.2) is 6.17 Å². The highest BCUT2D eigenvalue weighted by Crippen LogP contribution is 2.39. The first kappa shape index (κ1) is 24.7. The third kappa shape index (κ3) is 5.79. The number of amides is 1. The number of aliphatic hydroxyl groups is 1. The molecule has 3 N–H and O–H groups in total. The molecule has 184 valence electrons. The Morgan fingerprint density at radius 1 is 1.18 bits per heavy atom. The molecule has 34 heavy (non-hydrogen) atoms. The van der Waals surface area contributed by atoms with Crippen LogP contribution in [0.5, 0.6) is 0 Å². The summed E-state index contributed by atoms with van der Waals surface area (Å²) >= 11 is 0. The highest BCUT2D eigenvalue weighted by molar-refractivity contribution is 5.80. The summed E-state index contributed by atoms with van der Waals surface area (Å²) in [5.41, 5.74) is 3.84. The number of piperidine rings is 1.